The van der Waals surface area contributed by atoms with Gasteiger partial charge in [0.1, 0.15) is 5.75 Å². The third-order valence-electron chi connectivity index (χ3n) is 4.90. The van der Waals surface area contributed by atoms with E-state index in [0.717, 1.165) is 12.3 Å². The minimum absolute atomic E-state index is 0.170. The van der Waals surface area contributed by atoms with E-state index < -0.39 is 0 Å². The molecule has 0 aliphatic carbocycles. The van der Waals surface area contributed by atoms with Gasteiger partial charge in [0.2, 0.25) is 0 Å². The van der Waals surface area contributed by atoms with Crippen LogP contribution in [0.25, 0.3) is 0 Å². The van der Waals surface area contributed by atoms with E-state index in [2.05, 4.69) is 70.8 Å². The molecule has 0 amide bonds. The number of ether oxygens (including phenoxy) is 1. The summed E-state index contributed by atoms with van der Waals surface area (Å²) >= 11 is 0. The van der Waals surface area contributed by atoms with E-state index in [1.54, 1.807) is 7.11 Å². The molecular weight excluding hydrogens is 284 g/mol. The molecule has 0 saturated heterocycles. The molecule has 0 radical (unpaired) electrons. The van der Waals surface area contributed by atoms with E-state index >= 15 is 0 Å². The fraction of sp³-hybridized carbons (Fsp3) is 0.700. The Balaban J connectivity index is 2.51. The van der Waals surface area contributed by atoms with E-state index in [0.29, 0.717) is 18.0 Å². The van der Waals surface area contributed by atoms with Crippen molar-refractivity contribution in [3.63, 3.8) is 0 Å². The van der Waals surface area contributed by atoms with Gasteiger partial charge < -0.3 is 15.0 Å². The molecule has 1 aliphatic heterocycles. The molecule has 1 heterocycles. The van der Waals surface area contributed by atoms with Crippen molar-refractivity contribution < 1.29 is 4.74 Å². The molecule has 3 heteroatoms. The van der Waals surface area contributed by atoms with Crippen molar-refractivity contribution in [2.75, 3.05) is 12.0 Å². The first-order chi connectivity index (χ1) is 10.7. The molecule has 3 nitrogen and oxygen atoms in total. The first kappa shape index (κ1) is 18.1. The number of hydrogen-bond acceptors (Lipinski definition) is 3. The van der Waals surface area contributed by atoms with E-state index in [4.69, 9.17) is 4.74 Å². The average molecular weight is 319 g/mol. The number of nitrogens with one attached hydrogen (secondary N) is 1. The van der Waals surface area contributed by atoms with Crippen LogP contribution in [0.2, 0.25) is 0 Å². The zero-order valence-electron chi connectivity index (χ0n) is 16.2. The molecule has 1 aliphatic rings. The van der Waals surface area contributed by atoms with Gasteiger partial charge in [-0.3, -0.25) is 0 Å². The van der Waals surface area contributed by atoms with E-state index in [1.807, 2.05) is 0 Å². The van der Waals surface area contributed by atoms with E-state index in [1.165, 1.54) is 23.2 Å². The van der Waals surface area contributed by atoms with Gasteiger partial charge in [-0.2, -0.15) is 0 Å². The molecule has 23 heavy (non-hydrogen) atoms. The van der Waals surface area contributed by atoms with Crippen molar-refractivity contribution in [3.05, 3.63) is 23.3 Å². The predicted molar refractivity (Wildman–Crippen MR) is 99.7 cm³/mol. The maximum atomic E-state index is 5.71. The Kier molecular flexibility index (Phi) is 5.30. The zero-order chi connectivity index (χ0) is 17.4. The Labute approximate surface area is 142 Å². The van der Waals surface area contributed by atoms with Crippen LogP contribution in [0.5, 0.6) is 5.75 Å². The maximum absolute atomic E-state index is 5.71. The van der Waals surface area contributed by atoms with Crippen molar-refractivity contribution in [2.45, 2.75) is 85.0 Å². The lowest BCUT2D eigenvalue weighted by atomic mass is 9.78. The number of anilines is 1. The summed E-state index contributed by atoms with van der Waals surface area (Å²) in [4.78, 5) is 2.56. The first-order valence-electron chi connectivity index (χ1n) is 8.91. The van der Waals surface area contributed by atoms with Crippen molar-refractivity contribution in [1.29, 1.82) is 0 Å². The van der Waals surface area contributed by atoms with Gasteiger partial charge in [-0.05, 0) is 51.7 Å². The van der Waals surface area contributed by atoms with Crippen LogP contribution in [0.15, 0.2) is 12.1 Å². The summed E-state index contributed by atoms with van der Waals surface area (Å²) in [5.41, 5.74) is 4.23. The van der Waals surface area contributed by atoms with Crippen molar-refractivity contribution in [2.24, 2.45) is 0 Å². The van der Waals surface area contributed by atoms with Crippen molar-refractivity contribution in [3.8, 4) is 5.75 Å². The second-order valence-corrected chi connectivity index (χ2v) is 8.14. The lowest BCUT2D eigenvalue weighted by molar-refractivity contribution is 0.353. The number of methoxy groups -OCH3 is 1. The summed E-state index contributed by atoms with van der Waals surface area (Å²) in [6.45, 7) is 16.8. The highest BCUT2D eigenvalue weighted by atomic mass is 16.5. The summed E-state index contributed by atoms with van der Waals surface area (Å²) in [6.07, 6.45) is 1.18. The number of hydrogen-bond donors (Lipinski definition) is 1. The van der Waals surface area contributed by atoms with E-state index in [-0.39, 0.29) is 5.54 Å². The third-order valence-corrected chi connectivity index (χ3v) is 4.90. The van der Waals surface area contributed by atoms with Gasteiger partial charge in [-0.15, -0.1) is 0 Å². The summed E-state index contributed by atoms with van der Waals surface area (Å²) < 4.78 is 5.71. The second kappa shape index (κ2) is 6.72. The van der Waals surface area contributed by atoms with Crippen molar-refractivity contribution >= 4 is 5.69 Å². The Bertz CT molecular complexity index is 549. The highest BCUT2D eigenvalue weighted by Gasteiger charge is 2.38. The zero-order valence-corrected chi connectivity index (χ0v) is 16.2. The standard InChI is InChI=1S/C20H34N2O/c1-13(2)21-12-16-9-17-15(5)11-20(6,7)22(14(3)4)18(17)10-19(16)23-8/h9-10,13-15,21H,11-12H2,1-8H3/t15-/m0/s1. The topological polar surface area (TPSA) is 24.5 Å². The average Bonchev–Trinajstić information content (AvgIpc) is 2.42. The minimum Gasteiger partial charge on any atom is -0.496 e. The largest absolute Gasteiger partial charge is 0.496 e. The number of rotatable bonds is 5. The van der Waals surface area contributed by atoms with Crippen LogP contribution in [0.3, 0.4) is 0 Å². The van der Waals surface area contributed by atoms with E-state index in [9.17, 15) is 0 Å². The quantitative estimate of drug-likeness (QED) is 0.852. The molecule has 1 atom stereocenters. The van der Waals surface area contributed by atoms with Gasteiger partial charge in [0.05, 0.1) is 7.11 Å². The van der Waals surface area contributed by atoms with Crippen LogP contribution in [0.4, 0.5) is 5.69 Å². The molecular formula is C20H34N2O. The van der Waals surface area contributed by atoms with Crippen LogP contribution in [0, 0.1) is 0 Å². The fourth-order valence-corrected chi connectivity index (χ4v) is 4.14. The van der Waals surface area contributed by atoms with Crippen LogP contribution >= 0.6 is 0 Å². The molecule has 0 bridgehead atoms. The van der Waals surface area contributed by atoms with Gasteiger partial charge in [0, 0.05) is 41.5 Å². The smallest absolute Gasteiger partial charge is 0.125 e. The highest BCUT2D eigenvalue weighted by Crippen LogP contribution is 2.46. The monoisotopic (exact) mass is 318 g/mol. The molecule has 0 fully saturated rings. The van der Waals surface area contributed by atoms with Gasteiger partial charge in [-0.1, -0.05) is 20.8 Å². The summed E-state index contributed by atoms with van der Waals surface area (Å²) in [6, 6.07) is 5.56. The molecule has 1 aromatic rings. The van der Waals surface area contributed by atoms with Gasteiger partial charge in [-0.25, -0.2) is 0 Å². The third kappa shape index (κ3) is 3.65. The predicted octanol–water partition coefficient (Wildman–Crippen LogP) is 4.69. The molecule has 0 saturated carbocycles. The summed E-state index contributed by atoms with van der Waals surface area (Å²) in [5, 5.41) is 3.51. The SMILES string of the molecule is COc1cc2c(cc1CNC(C)C)[C@@H](C)CC(C)(C)N2C(C)C. The lowest BCUT2D eigenvalue weighted by Gasteiger charge is -2.50. The Hall–Kier alpha value is -1.22. The van der Waals surface area contributed by atoms with Crippen LogP contribution < -0.4 is 15.0 Å². The number of fused-ring (bicyclic) bond motifs is 1. The Morgan fingerprint density at radius 1 is 1.26 bits per heavy atom. The fourth-order valence-electron chi connectivity index (χ4n) is 4.14. The molecule has 0 unspecified atom stereocenters. The molecule has 1 N–H and O–H groups in total. The molecule has 0 aromatic heterocycles. The van der Waals surface area contributed by atoms with Gasteiger partial charge >= 0.3 is 0 Å². The number of benzene rings is 1. The number of nitrogens with zero attached hydrogens (tertiary/aromatic N) is 1. The second-order valence-electron chi connectivity index (χ2n) is 8.14. The molecule has 130 valence electrons. The molecule has 2 rings (SSSR count). The maximum Gasteiger partial charge on any atom is 0.125 e. The summed E-state index contributed by atoms with van der Waals surface area (Å²) in [7, 11) is 1.78. The lowest BCUT2D eigenvalue weighted by Crippen LogP contribution is -2.51. The van der Waals surface area contributed by atoms with Crippen LogP contribution in [-0.2, 0) is 6.54 Å². The van der Waals surface area contributed by atoms with Crippen LogP contribution in [-0.4, -0.2) is 24.7 Å². The van der Waals surface area contributed by atoms with Crippen LogP contribution in [0.1, 0.15) is 71.9 Å². The Morgan fingerprint density at radius 3 is 2.43 bits per heavy atom. The van der Waals surface area contributed by atoms with Gasteiger partial charge in [0.15, 0.2) is 0 Å². The molecule has 0 spiro atoms. The minimum atomic E-state index is 0.170. The summed E-state index contributed by atoms with van der Waals surface area (Å²) in [5.74, 6) is 1.56. The normalized spacial score (nSPS) is 20.1. The molecule has 1 aromatic carbocycles. The van der Waals surface area contributed by atoms with Crippen molar-refractivity contribution in [1.82, 2.24) is 5.32 Å². The highest BCUT2D eigenvalue weighted by molar-refractivity contribution is 5.65. The van der Waals surface area contributed by atoms with Gasteiger partial charge in [0.25, 0.3) is 0 Å². The Morgan fingerprint density at radius 2 is 1.91 bits per heavy atom. The first-order valence-corrected chi connectivity index (χ1v) is 8.91.